The van der Waals surface area contributed by atoms with Gasteiger partial charge in [0.25, 0.3) is 0 Å². The quantitative estimate of drug-likeness (QED) is 0.258. The Bertz CT molecular complexity index is 1670. The monoisotopic (exact) mass is 469 g/mol. The summed E-state index contributed by atoms with van der Waals surface area (Å²) in [5, 5.41) is 3.29. The van der Waals surface area contributed by atoms with E-state index in [4.69, 9.17) is 14.4 Å². The lowest BCUT2D eigenvalue weighted by Gasteiger charge is -2.18. The first-order valence-electron chi connectivity index (χ1n) is 11.4. The van der Waals surface area contributed by atoms with Crippen molar-refractivity contribution in [2.45, 2.75) is 0 Å². The molecule has 2 heterocycles. The first-order chi connectivity index (χ1) is 17.3. The van der Waals surface area contributed by atoms with E-state index in [-0.39, 0.29) is 0 Å². The zero-order valence-corrected chi connectivity index (χ0v) is 19.4. The van der Waals surface area contributed by atoms with Crippen LogP contribution in [0.3, 0.4) is 0 Å². The van der Waals surface area contributed by atoms with E-state index in [0.717, 1.165) is 37.7 Å². The Morgan fingerprint density at radius 1 is 0.629 bits per heavy atom. The third-order valence-corrected chi connectivity index (χ3v) is 7.20. The summed E-state index contributed by atoms with van der Waals surface area (Å²) >= 11 is 1.62. The van der Waals surface area contributed by atoms with E-state index in [1.165, 1.54) is 16.3 Å². The second kappa shape index (κ2) is 8.08. The second-order valence-corrected chi connectivity index (χ2v) is 9.35. The van der Waals surface area contributed by atoms with Crippen molar-refractivity contribution in [1.29, 1.82) is 0 Å². The molecule has 0 aliphatic heterocycles. The van der Waals surface area contributed by atoms with Crippen LogP contribution in [-0.2, 0) is 0 Å². The number of nitrogens with zero attached hydrogens (tertiary/aromatic N) is 3. The summed E-state index contributed by atoms with van der Waals surface area (Å²) in [5.41, 5.74) is 5.85. The predicted molar refractivity (Wildman–Crippen MR) is 145 cm³/mol. The van der Waals surface area contributed by atoms with Gasteiger partial charge in [-0.05, 0) is 58.3 Å². The van der Waals surface area contributed by atoms with Gasteiger partial charge in [-0.2, -0.15) is 4.98 Å². The van der Waals surface area contributed by atoms with E-state index in [1.54, 1.807) is 11.3 Å². The van der Waals surface area contributed by atoms with Gasteiger partial charge in [0.05, 0.1) is 15.9 Å². The molecule has 35 heavy (non-hydrogen) atoms. The fourth-order valence-electron chi connectivity index (χ4n) is 4.48. The first-order valence-corrected chi connectivity index (χ1v) is 12.2. The average Bonchev–Trinajstić information content (AvgIpc) is 3.53. The lowest BCUT2D eigenvalue weighted by Crippen LogP contribution is -2.09. The minimum absolute atomic E-state index is 0.503. The maximum Gasteiger partial charge on any atom is 0.309 e. The van der Waals surface area contributed by atoms with Gasteiger partial charge in [0, 0.05) is 0 Å². The fraction of sp³-hybridized carbons (Fsp3) is 0. The number of thiazole rings is 1. The smallest absolute Gasteiger partial charge is 0.309 e. The summed E-state index contributed by atoms with van der Waals surface area (Å²) in [6.07, 6.45) is 0. The molecule has 0 fully saturated rings. The van der Waals surface area contributed by atoms with Crippen molar-refractivity contribution in [3.8, 4) is 11.1 Å². The predicted octanol–water partition coefficient (Wildman–Crippen LogP) is 8.73. The summed E-state index contributed by atoms with van der Waals surface area (Å²) in [4.78, 5) is 11.7. The molecule has 0 unspecified atom stereocenters. The Labute approximate surface area is 205 Å². The molecule has 5 aromatic carbocycles. The number of fused-ring (bicyclic) bond motifs is 3. The minimum Gasteiger partial charge on any atom is -0.423 e. The molecule has 0 spiro atoms. The van der Waals surface area contributed by atoms with Crippen molar-refractivity contribution in [3.63, 3.8) is 0 Å². The van der Waals surface area contributed by atoms with Crippen molar-refractivity contribution in [1.82, 2.24) is 9.97 Å². The maximum absolute atomic E-state index is 6.19. The largest absolute Gasteiger partial charge is 0.423 e. The van der Waals surface area contributed by atoms with Crippen molar-refractivity contribution >= 4 is 60.3 Å². The third-order valence-electron chi connectivity index (χ3n) is 6.17. The Morgan fingerprint density at radius 3 is 2.23 bits per heavy atom. The number of aromatic nitrogens is 2. The average molecular weight is 470 g/mol. The Kier molecular flexibility index (Phi) is 4.60. The van der Waals surface area contributed by atoms with Gasteiger partial charge < -0.3 is 4.42 Å². The fourth-order valence-corrected chi connectivity index (χ4v) is 5.46. The lowest BCUT2D eigenvalue weighted by molar-refractivity contribution is 0.608. The van der Waals surface area contributed by atoms with Crippen LogP contribution in [0.4, 0.5) is 16.8 Å². The Hall–Kier alpha value is -4.48. The van der Waals surface area contributed by atoms with Crippen LogP contribution < -0.4 is 4.90 Å². The minimum atomic E-state index is 0.503. The zero-order valence-electron chi connectivity index (χ0n) is 18.6. The van der Waals surface area contributed by atoms with Crippen LogP contribution in [-0.4, -0.2) is 9.97 Å². The van der Waals surface area contributed by atoms with Gasteiger partial charge in [-0.25, -0.2) is 9.88 Å². The highest BCUT2D eigenvalue weighted by atomic mass is 32.1. The first kappa shape index (κ1) is 19.9. The van der Waals surface area contributed by atoms with E-state index < -0.39 is 0 Å². The van der Waals surface area contributed by atoms with Crippen LogP contribution in [0.1, 0.15) is 0 Å². The zero-order chi connectivity index (χ0) is 23.2. The van der Waals surface area contributed by atoms with E-state index >= 15 is 0 Å². The van der Waals surface area contributed by atoms with Gasteiger partial charge in [0.15, 0.2) is 10.7 Å². The highest BCUT2D eigenvalue weighted by molar-refractivity contribution is 7.22. The van der Waals surface area contributed by atoms with Crippen LogP contribution in [0.2, 0.25) is 0 Å². The number of rotatable bonds is 4. The lowest BCUT2D eigenvalue weighted by atomic mass is 9.98. The van der Waals surface area contributed by atoms with E-state index in [9.17, 15) is 0 Å². The summed E-state index contributed by atoms with van der Waals surface area (Å²) < 4.78 is 7.31. The molecule has 0 saturated carbocycles. The standard InChI is InChI=1S/C30H19N3OS/c1-2-10-23-20(8-1)9-7-11-24(23)21-16-18-22(19-17-21)33(29-31-25-12-3-5-14-27(25)34-29)30-32-26-13-4-6-15-28(26)35-30/h1-19H. The number of hydrogen-bond acceptors (Lipinski definition) is 5. The summed E-state index contributed by atoms with van der Waals surface area (Å²) in [5.74, 6) is 0. The van der Waals surface area contributed by atoms with E-state index in [1.807, 2.05) is 47.4 Å². The molecule has 0 radical (unpaired) electrons. The van der Waals surface area contributed by atoms with Crippen LogP contribution in [0.15, 0.2) is 120 Å². The molecule has 0 N–H and O–H groups in total. The topological polar surface area (TPSA) is 42.2 Å². The molecule has 0 saturated heterocycles. The van der Waals surface area contributed by atoms with Gasteiger partial charge >= 0.3 is 6.01 Å². The molecule has 0 bridgehead atoms. The molecule has 0 amide bonds. The van der Waals surface area contributed by atoms with Crippen LogP contribution in [0, 0.1) is 0 Å². The van der Waals surface area contributed by atoms with Crippen molar-refractivity contribution in [2.75, 3.05) is 4.90 Å². The normalized spacial score (nSPS) is 11.4. The van der Waals surface area contributed by atoms with Crippen LogP contribution in [0.5, 0.6) is 0 Å². The molecule has 5 heteroatoms. The van der Waals surface area contributed by atoms with E-state index in [0.29, 0.717) is 6.01 Å². The molecule has 0 atom stereocenters. The Morgan fingerprint density at radius 2 is 1.37 bits per heavy atom. The van der Waals surface area contributed by atoms with Gasteiger partial charge in [-0.1, -0.05) is 90.2 Å². The Balaban J connectivity index is 1.37. The molecule has 2 aromatic heterocycles. The molecule has 7 rings (SSSR count). The summed E-state index contributed by atoms with van der Waals surface area (Å²) in [6.45, 7) is 0. The molecule has 0 aliphatic rings. The number of benzene rings is 5. The van der Waals surface area contributed by atoms with E-state index in [2.05, 4.69) is 72.8 Å². The van der Waals surface area contributed by atoms with Gasteiger partial charge in [0.2, 0.25) is 0 Å². The highest BCUT2D eigenvalue weighted by Crippen LogP contribution is 2.40. The van der Waals surface area contributed by atoms with Crippen molar-refractivity contribution in [2.24, 2.45) is 0 Å². The number of para-hydroxylation sites is 3. The summed E-state index contributed by atoms with van der Waals surface area (Å²) in [6, 6.07) is 39.9. The molecule has 7 aromatic rings. The maximum atomic E-state index is 6.19. The number of oxazole rings is 1. The van der Waals surface area contributed by atoms with Crippen molar-refractivity contribution in [3.05, 3.63) is 115 Å². The number of anilines is 3. The molecular formula is C30H19N3OS. The van der Waals surface area contributed by atoms with Crippen LogP contribution >= 0.6 is 11.3 Å². The molecule has 4 nitrogen and oxygen atoms in total. The van der Waals surface area contributed by atoms with Gasteiger partial charge in [0.1, 0.15) is 5.52 Å². The SMILES string of the molecule is c1ccc2c(-c3ccc(N(c4nc5ccccc5o4)c4nc5ccccc5s4)cc3)cccc2c1. The molecule has 166 valence electrons. The molecular weight excluding hydrogens is 450 g/mol. The van der Waals surface area contributed by atoms with Crippen molar-refractivity contribution < 1.29 is 4.42 Å². The summed E-state index contributed by atoms with van der Waals surface area (Å²) in [7, 11) is 0. The molecule has 0 aliphatic carbocycles. The van der Waals surface area contributed by atoms with Crippen LogP contribution in [0.25, 0.3) is 43.2 Å². The third kappa shape index (κ3) is 3.45. The highest BCUT2D eigenvalue weighted by Gasteiger charge is 2.22. The van der Waals surface area contributed by atoms with Gasteiger partial charge in [-0.3, -0.25) is 0 Å². The second-order valence-electron chi connectivity index (χ2n) is 8.34. The van der Waals surface area contributed by atoms with Gasteiger partial charge in [-0.15, -0.1) is 0 Å². The number of hydrogen-bond donors (Lipinski definition) is 0.